The summed E-state index contributed by atoms with van der Waals surface area (Å²) in [4.78, 5) is 14.2. The van der Waals surface area contributed by atoms with E-state index < -0.39 is 0 Å². The van der Waals surface area contributed by atoms with Crippen LogP contribution in [0.4, 0.5) is 0 Å². The van der Waals surface area contributed by atoms with Gasteiger partial charge in [0.15, 0.2) is 0 Å². The second kappa shape index (κ2) is 4.02. The number of ketones is 1. The summed E-state index contributed by atoms with van der Waals surface area (Å²) < 4.78 is 0. The van der Waals surface area contributed by atoms with Crippen molar-refractivity contribution >= 4 is 5.78 Å². The zero-order chi connectivity index (χ0) is 11.0. The predicted octanol–water partition coefficient (Wildman–Crippen LogP) is 2.38. The number of carbonyl (C=O) groups is 1. The first-order valence-corrected chi connectivity index (χ1v) is 6.17. The van der Waals surface area contributed by atoms with Crippen LogP contribution in [0.25, 0.3) is 0 Å². The summed E-state index contributed by atoms with van der Waals surface area (Å²) in [5.41, 5.74) is 1.33. The Balaban J connectivity index is 1.78. The van der Waals surface area contributed by atoms with Gasteiger partial charge in [-0.2, -0.15) is 0 Å². The number of nitrogens with zero attached hydrogens (tertiary/aromatic N) is 1. The molecule has 0 radical (unpaired) electrons. The van der Waals surface area contributed by atoms with Crippen LogP contribution in [-0.4, -0.2) is 22.8 Å². The van der Waals surface area contributed by atoms with Gasteiger partial charge in [0.25, 0.3) is 0 Å². The van der Waals surface area contributed by atoms with E-state index in [1.165, 1.54) is 12.0 Å². The molecular formula is C14H17NO. The number of benzene rings is 1. The molecule has 0 N–H and O–H groups in total. The maximum absolute atomic E-state index is 11.8. The first-order chi connectivity index (χ1) is 7.84. The Morgan fingerprint density at radius 1 is 1.12 bits per heavy atom. The van der Waals surface area contributed by atoms with Gasteiger partial charge in [-0.3, -0.25) is 9.69 Å². The molecule has 1 aromatic rings. The number of hydrogen-bond donors (Lipinski definition) is 0. The first kappa shape index (κ1) is 10.0. The second-order valence-electron chi connectivity index (χ2n) is 4.91. The van der Waals surface area contributed by atoms with Crippen molar-refractivity contribution in [2.45, 2.75) is 44.3 Å². The molecule has 2 nitrogen and oxygen atoms in total. The smallest absolute Gasteiger partial charge is 0.150 e. The third-order valence-corrected chi connectivity index (χ3v) is 3.95. The Labute approximate surface area is 96.3 Å². The number of carbonyl (C=O) groups excluding carboxylic acids is 1. The van der Waals surface area contributed by atoms with Crippen molar-refractivity contribution in [3.05, 3.63) is 35.9 Å². The molecule has 0 aromatic heterocycles. The predicted molar refractivity (Wildman–Crippen MR) is 63.0 cm³/mol. The number of Topliss-reactive ketones (excluding diaryl/α,β-unsaturated/α-hetero) is 1. The molecule has 2 fully saturated rings. The Bertz CT molecular complexity index is 387. The lowest BCUT2D eigenvalue weighted by Gasteiger charge is -2.33. The molecule has 2 saturated heterocycles. The van der Waals surface area contributed by atoms with Crippen LogP contribution in [0, 0.1) is 0 Å². The van der Waals surface area contributed by atoms with Crippen LogP contribution < -0.4 is 0 Å². The van der Waals surface area contributed by atoms with Crippen molar-refractivity contribution in [2.24, 2.45) is 0 Å². The van der Waals surface area contributed by atoms with Crippen molar-refractivity contribution in [1.29, 1.82) is 0 Å². The van der Waals surface area contributed by atoms with Crippen molar-refractivity contribution in [3.8, 4) is 0 Å². The van der Waals surface area contributed by atoms with E-state index in [1.807, 2.05) is 6.07 Å². The second-order valence-corrected chi connectivity index (χ2v) is 4.91. The van der Waals surface area contributed by atoms with Gasteiger partial charge in [0.2, 0.25) is 0 Å². The van der Waals surface area contributed by atoms with E-state index in [0.717, 1.165) is 25.8 Å². The van der Waals surface area contributed by atoms with E-state index in [4.69, 9.17) is 0 Å². The highest BCUT2D eigenvalue weighted by Crippen LogP contribution is 2.34. The summed E-state index contributed by atoms with van der Waals surface area (Å²) in [5.74, 6) is 0.463. The van der Waals surface area contributed by atoms with Crippen LogP contribution in [0.1, 0.15) is 31.2 Å². The molecule has 1 aromatic carbocycles. The Morgan fingerprint density at radius 3 is 2.75 bits per heavy atom. The Hall–Kier alpha value is -1.15. The molecule has 3 rings (SSSR count). The average Bonchev–Trinajstić information content (AvgIpc) is 2.60. The van der Waals surface area contributed by atoms with Gasteiger partial charge in [-0.1, -0.05) is 30.3 Å². The lowest BCUT2D eigenvalue weighted by atomic mass is 10.0. The van der Waals surface area contributed by atoms with Crippen molar-refractivity contribution in [2.75, 3.05) is 0 Å². The highest BCUT2D eigenvalue weighted by atomic mass is 16.1. The molecule has 16 heavy (non-hydrogen) atoms. The van der Waals surface area contributed by atoms with Crippen LogP contribution in [0.15, 0.2) is 30.3 Å². The number of rotatable bonds is 2. The summed E-state index contributed by atoms with van der Waals surface area (Å²) in [6, 6.07) is 11.4. The molecular weight excluding hydrogens is 198 g/mol. The van der Waals surface area contributed by atoms with Crippen molar-refractivity contribution < 1.29 is 4.79 Å². The number of piperidine rings is 1. The normalized spacial score (nSPS) is 29.6. The van der Waals surface area contributed by atoms with Gasteiger partial charge in [-0.25, -0.2) is 0 Å². The van der Waals surface area contributed by atoms with Crippen LogP contribution in [-0.2, 0) is 11.3 Å². The quantitative estimate of drug-likeness (QED) is 0.755. The van der Waals surface area contributed by atoms with Crippen LogP contribution >= 0.6 is 0 Å². The maximum atomic E-state index is 11.8. The minimum absolute atomic E-state index is 0.221. The fraction of sp³-hybridized carbons (Fsp3) is 0.500. The third kappa shape index (κ3) is 1.67. The SMILES string of the molecule is O=C1CC[C@@H]2CC[C@H]1N2Cc1ccccc1. The summed E-state index contributed by atoms with van der Waals surface area (Å²) in [6.45, 7) is 0.946. The molecule has 0 aliphatic carbocycles. The molecule has 2 bridgehead atoms. The lowest BCUT2D eigenvalue weighted by molar-refractivity contribution is -0.126. The van der Waals surface area contributed by atoms with E-state index >= 15 is 0 Å². The third-order valence-electron chi connectivity index (χ3n) is 3.95. The fourth-order valence-electron chi connectivity index (χ4n) is 3.10. The van der Waals surface area contributed by atoms with Crippen LogP contribution in [0.3, 0.4) is 0 Å². The zero-order valence-corrected chi connectivity index (χ0v) is 9.43. The molecule has 84 valence electrons. The molecule has 0 saturated carbocycles. The molecule has 2 atom stereocenters. The molecule has 2 aliphatic heterocycles. The average molecular weight is 215 g/mol. The number of fused-ring (bicyclic) bond motifs is 2. The highest BCUT2D eigenvalue weighted by molar-refractivity contribution is 5.85. The Morgan fingerprint density at radius 2 is 1.94 bits per heavy atom. The van der Waals surface area contributed by atoms with Crippen LogP contribution in [0.5, 0.6) is 0 Å². The Kier molecular flexibility index (Phi) is 2.52. The summed E-state index contributed by atoms with van der Waals surface area (Å²) >= 11 is 0. The van der Waals surface area contributed by atoms with Crippen molar-refractivity contribution in [3.63, 3.8) is 0 Å². The van der Waals surface area contributed by atoms with E-state index in [2.05, 4.69) is 29.2 Å². The maximum Gasteiger partial charge on any atom is 0.150 e. The van der Waals surface area contributed by atoms with Gasteiger partial charge in [0.05, 0.1) is 6.04 Å². The van der Waals surface area contributed by atoms with Gasteiger partial charge < -0.3 is 0 Å². The highest BCUT2D eigenvalue weighted by Gasteiger charge is 2.41. The molecule has 0 unspecified atom stereocenters. The fourth-order valence-corrected chi connectivity index (χ4v) is 3.10. The summed E-state index contributed by atoms with van der Waals surface area (Å²) in [5, 5.41) is 0. The van der Waals surface area contributed by atoms with Crippen molar-refractivity contribution in [1.82, 2.24) is 4.90 Å². The topological polar surface area (TPSA) is 20.3 Å². The minimum Gasteiger partial charge on any atom is -0.298 e. The van der Waals surface area contributed by atoms with Gasteiger partial charge in [-0.15, -0.1) is 0 Å². The van der Waals surface area contributed by atoms with Gasteiger partial charge in [-0.05, 0) is 24.8 Å². The first-order valence-electron chi connectivity index (χ1n) is 6.17. The molecule has 0 spiro atoms. The monoisotopic (exact) mass is 215 g/mol. The largest absolute Gasteiger partial charge is 0.298 e. The van der Waals surface area contributed by atoms with E-state index in [-0.39, 0.29) is 6.04 Å². The number of hydrogen-bond acceptors (Lipinski definition) is 2. The molecule has 2 aliphatic rings. The molecule has 2 heteroatoms. The van der Waals surface area contributed by atoms with Gasteiger partial charge in [0, 0.05) is 19.0 Å². The lowest BCUT2D eigenvalue weighted by Crippen LogP contribution is -2.44. The minimum atomic E-state index is 0.221. The van der Waals surface area contributed by atoms with Crippen LogP contribution in [0.2, 0.25) is 0 Å². The van der Waals surface area contributed by atoms with E-state index in [9.17, 15) is 4.79 Å². The van der Waals surface area contributed by atoms with Gasteiger partial charge >= 0.3 is 0 Å². The van der Waals surface area contributed by atoms with E-state index in [0.29, 0.717) is 11.8 Å². The summed E-state index contributed by atoms with van der Waals surface area (Å²) in [6.07, 6.45) is 4.17. The molecule has 2 heterocycles. The molecule has 0 amide bonds. The van der Waals surface area contributed by atoms with E-state index in [1.54, 1.807) is 0 Å². The zero-order valence-electron chi connectivity index (χ0n) is 9.43. The standard InChI is InChI=1S/C14H17NO/c16-14-9-7-12-6-8-13(14)15(12)10-11-4-2-1-3-5-11/h1-5,12-13H,6-10H2/t12-,13+/m0/s1. The summed E-state index contributed by atoms with van der Waals surface area (Å²) in [7, 11) is 0. The van der Waals surface area contributed by atoms with Gasteiger partial charge in [0.1, 0.15) is 5.78 Å².